The van der Waals surface area contributed by atoms with Gasteiger partial charge < -0.3 is 10.2 Å². The molecule has 4 rings (SSSR count). The van der Waals surface area contributed by atoms with Crippen molar-refractivity contribution in [2.75, 3.05) is 5.01 Å². The molecular formula is C23H16N4O12S2. The van der Waals surface area contributed by atoms with Gasteiger partial charge in [-0.3, -0.25) is 23.8 Å². The number of carbonyl (C=O) groups is 3. The fraction of sp³-hybridized carbons (Fsp3) is 0. The predicted octanol–water partition coefficient (Wildman–Crippen LogP) is 0.784. The van der Waals surface area contributed by atoms with Gasteiger partial charge in [0, 0.05) is 0 Å². The highest BCUT2D eigenvalue weighted by molar-refractivity contribution is 7.86. The molecule has 16 nitrogen and oxygen atoms in total. The summed E-state index contributed by atoms with van der Waals surface area (Å²) in [6.45, 7) is 0. The number of aliphatic carboxylic acids is 1. The first-order valence-corrected chi connectivity index (χ1v) is 13.8. The zero-order valence-corrected chi connectivity index (χ0v) is 21.7. The van der Waals surface area contributed by atoms with E-state index in [0.717, 1.165) is 71.4 Å². The van der Waals surface area contributed by atoms with Gasteiger partial charge >= 0.3 is 11.9 Å². The van der Waals surface area contributed by atoms with E-state index in [0.29, 0.717) is 5.01 Å². The van der Waals surface area contributed by atoms with E-state index in [1.165, 1.54) is 0 Å². The van der Waals surface area contributed by atoms with E-state index < -0.39 is 76.0 Å². The fourth-order valence-corrected chi connectivity index (χ4v) is 4.57. The van der Waals surface area contributed by atoms with Gasteiger partial charge in [-0.1, -0.05) is 6.08 Å². The summed E-state index contributed by atoms with van der Waals surface area (Å²) in [4.78, 5) is 48.4. The summed E-state index contributed by atoms with van der Waals surface area (Å²) in [5, 5.41) is 25.8. The first-order chi connectivity index (χ1) is 19.1. The number of hydrazone groups is 1. The van der Waals surface area contributed by atoms with Gasteiger partial charge in [-0.05, 0) is 60.7 Å². The van der Waals surface area contributed by atoms with Gasteiger partial charge in [0.05, 0.1) is 32.3 Å². The number of hydrogen-bond donors (Lipinski definition) is 5. The number of aromatic amines is 1. The lowest BCUT2D eigenvalue weighted by Gasteiger charge is -2.11. The summed E-state index contributed by atoms with van der Waals surface area (Å²) >= 11 is 0. The first-order valence-electron chi connectivity index (χ1n) is 10.9. The third-order valence-corrected chi connectivity index (χ3v) is 7.25. The molecular weight excluding hydrogens is 588 g/mol. The van der Waals surface area contributed by atoms with Crippen molar-refractivity contribution < 1.29 is 50.5 Å². The summed E-state index contributed by atoms with van der Waals surface area (Å²) in [6, 6.07) is 8.38. The molecule has 0 unspecified atom stereocenters. The van der Waals surface area contributed by atoms with Gasteiger partial charge in [0.1, 0.15) is 0 Å². The molecule has 0 atom stereocenters. The number of carboxylic acids is 2. The lowest BCUT2D eigenvalue weighted by atomic mass is 10.1. The first kappa shape index (κ1) is 28.8. The van der Waals surface area contributed by atoms with E-state index in [9.17, 15) is 46.2 Å². The van der Waals surface area contributed by atoms with Crippen LogP contribution in [0, 0.1) is 0 Å². The van der Waals surface area contributed by atoms with Crippen molar-refractivity contribution in [3.05, 3.63) is 87.9 Å². The second-order valence-electron chi connectivity index (χ2n) is 8.09. The molecule has 0 spiro atoms. The van der Waals surface area contributed by atoms with Gasteiger partial charge in [-0.15, -0.1) is 0 Å². The lowest BCUT2D eigenvalue weighted by Crippen LogP contribution is -2.22. The number of allylic oxidation sites excluding steroid dienone is 2. The minimum atomic E-state index is -4.53. The Bertz CT molecular complexity index is 1970. The summed E-state index contributed by atoms with van der Waals surface area (Å²) in [5.41, 5.74) is -3.08. The smallest absolute Gasteiger partial charge is 0.357 e. The number of benzene rings is 2. The molecule has 1 aliphatic heterocycles. The molecule has 18 heteroatoms. The average Bonchev–Trinajstić information content (AvgIpc) is 3.40. The average molecular weight is 605 g/mol. The van der Waals surface area contributed by atoms with Crippen molar-refractivity contribution >= 4 is 55.6 Å². The van der Waals surface area contributed by atoms with Crippen LogP contribution in [0.3, 0.4) is 0 Å². The molecule has 0 saturated carbocycles. The molecule has 41 heavy (non-hydrogen) atoms. The molecule has 0 aliphatic carbocycles. The highest BCUT2D eigenvalue weighted by Crippen LogP contribution is 2.25. The van der Waals surface area contributed by atoms with Crippen LogP contribution >= 0.6 is 0 Å². The molecule has 0 saturated heterocycles. The van der Waals surface area contributed by atoms with Gasteiger partial charge in [0.25, 0.3) is 31.7 Å². The van der Waals surface area contributed by atoms with Gasteiger partial charge in [-0.2, -0.15) is 26.9 Å². The topological polar surface area (TPSA) is 254 Å². The van der Waals surface area contributed by atoms with Crippen LogP contribution in [0.1, 0.15) is 16.1 Å². The second-order valence-corrected chi connectivity index (χ2v) is 10.9. The number of nitrogens with zero attached hydrogens (tertiary/aromatic N) is 3. The molecule has 2 heterocycles. The summed E-state index contributed by atoms with van der Waals surface area (Å²) in [6.07, 6.45) is 3.01. The number of carbonyl (C=O) groups excluding carboxylic acids is 1. The van der Waals surface area contributed by atoms with Gasteiger partial charge in [0.15, 0.2) is 11.4 Å². The quantitative estimate of drug-likeness (QED) is 0.177. The van der Waals surface area contributed by atoms with Crippen molar-refractivity contribution in [1.82, 2.24) is 9.78 Å². The van der Waals surface area contributed by atoms with E-state index in [1.807, 2.05) is 0 Å². The minimum Gasteiger partial charge on any atom is -0.477 e. The second kappa shape index (κ2) is 10.4. The monoisotopic (exact) mass is 604 g/mol. The van der Waals surface area contributed by atoms with E-state index in [1.54, 1.807) is 0 Å². The van der Waals surface area contributed by atoms with Crippen molar-refractivity contribution in [3.63, 3.8) is 0 Å². The molecule has 3 aromatic rings. The maximum Gasteiger partial charge on any atom is 0.357 e. The summed E-state index contributed by atoms with van der Waals surface area (Å²) in [5.74, 6) is -4.10. The minimum absolute atomic E-state index is 0.0184. The van der Waals surface area contributed by atoms with Crippen molar-refractivity contribution in [2.45, 2.75) is 9.79 Å². The van der Waals surface area contributed by atoms with Crippen LogP contribution in [-0.2, 0) is 29.8 Å². The largest absolute Gasteiger partial charge is 0.477 e. The number of aromatic carboxylic acids is 1. The maximum atomic E-state index is 13.0. The Morgan fingerprint density at radius 2 is 1.32 bits per heavy atom. The third-order valence-electron chi connectivity index (χ3n) is 5.52. The number of rotatable bonds is 8. The molecule has 0 radical (unpaired) electrons. The molecule has 1 aromatic heterocycles. The Balaban J connectivity index is 1.69. The van der Waals surface area contributed by atoms with Crippen LogP contribution in [0.25, 0.3) is 11.8 Å². The SMILES string of the molecule is O=C(O)C1=NN(c2ccc(S(=O)(=O)O)cc2)C(=O)/C1=C\C=Cc1c(C(=O)O)[nH]n(-c2ccc(S(=O)(=O)O)cc2)c1=O. The van der Waals surface area contributed by atoms with Crippen LogP contribution in [0.4, 0.5) is 5.69 Å². The standard InChI is InChI=1S/C23H16N4O12S2/c28-20-16(18(22(30)31)24-26(20)12-4-8-14(9-5-12)40(34,35)36)2-1-3-17-19(23(32)33)25-27(21(17)29)13-6-10-15(11-7-13)41(37,38)39/h1-11,24H,(H,30,31)(H,32,33)(H,34,35,36)(H,37,38,39)/b2-1?,17-3-. The lowest BCUT2D eigenvalue weighted by molar-refractivity contribution is -0.129. The predicted molar refractivity (Wildman–Crippen MR) is 139 cm³/mol. The molecule has 0 fully saturated rings. The van der Waals surface area contributed by atoms with Crippen LogP contribution < -0.4 is 10.6 Å². The van der Waals surface area contributed by atoms with Crippen molar-refractivity contribution in [1.29, 1.82) is 0 Å². The van der Waals surface area contributed by atoms with Gasteiger partial charge in [-0.25, -0.2) is 14.3 Å². The zero-order chi connectivity index (χ0) is 30.3. The van der Waals surface area contributed by atoms with Crippen molar-refractivity contribution in [2.24, 2.45) is 5.10 Å². The number of anilines is 1. The van der Waals surface area contributed by atoms with E-state index in [-0.39, 0.29) is 11.4 Å². The molecule has 212 valence electrons. The summed E-state index contributed by atoms with van der Waals surface area (Å²) in [7, 11) is -9.05. The Morgan fingerprint density at radius 1 is 0.805 bits per heavy atom. The molecule has 1 aliphatic rings. The maximum absolute atomic E-state index is 13.0. The number of aromatic nitrogens is 2. The molecule has 2 aromatic carbocycles. The fourth-order valence-electron chi connectivity index (χ4n) is 3.61. The van der Waals surface area contributed by atoms with Crippen LogP contribution in [-0.4, -0.2) is 69.5 Å². The highest BCUT2D eigenvalue weighted by atomic mass is 32.2. The Labute approximate surface area is 229 Å². The normalized spacial score (nSPS) is 15.1. The highest BCUT2D eigenvalue weighted by Gasteiger charge is 2.35. The van der Waals surface area contributed by atoms with Gasteiger partial charge in [0.2, 0.25) is 0 Å². The number of H-pyrrole nitrogens is 1. The number of nitrogens with one attached hydrogen (secondary N) is 1. The molecule has 0 bridgehead atoms. The Hall–Kier alpha value is -5.17. The van der Waals surface area contributed by atoms with Crippen LogP contribution in [0.15, 0.2) is 85.9 Å². The number of hydrogen-bond acceptors (Lipinski definition) is 9. The number of amides is 1. The number of carboxylic acid groups (broad SMARTS) is 2. The Kier molecular flexibility index (Phi) is 7.33. The van der Waals surface area contributed by atoms with Crippen LogP contribution in [0.2, 0.25) is 0 Å². The zero-order valence-electron chi connectivity index (χ0n) is 20.1. The third kappa shape index (κ3) is 5.75. The van der Waals surface area contributed by atoms with E-state index in [2.05, 4.69) is 10.2 Å². The van der Waals surface area contributed by atoms with E-state index in [4.69, 9.17) is 9.11 Å². The molecule has 5 N–H and O–H groups in total. The molecule has 1 amide bonds. The van der Waals surface area contributed by atoms with Crippen LogP contribution in [0.5, 0.6) is 0 Å². The van der Waals surface area contributed by atoms with E-state index >= 15 is 0 Å². The summed E-state index contributed by atoms with van der Waals surface area (Å²) < 4.78 is 64.0. The van der Waals surface area contributed by atoms with Crippen molar-refractivity contribution in [3.8, 4) is 5.69 Å². The Morgan fingerprint density at radius 3 is 1.78 bits per heavy atom.